The third kappa shape index (κ3) is 5.87. The molecule has 0 aliphatic rings. The lowest BCUT2D eigenvalue weighted by Gasteiger charge is -2.14. The molecule has 0 spiro atoms. The Hall–Kier alpha value is -2.82. The van der Waals surface area contributed by atoms with Crippen molar-refractivity contribution >= 4 is 16.9 Å². The molecule has 5 heteroatoms. The average Bonchev–Trinajstić information content (AvgIpc) is 3.11. The first-order chi connectivity index (χ1) is 15.0. The number of aromatic nitrogens is 2. The number of carbonyl (C=O) groups is 1. The summed E-state index contributed by atoms with van der Waals surface area (Å²) in [6.07, 6.45) is 3.46. The molecule has 0 bridgehead atoms. The summed E-state index contributed by atoms with van der Waals surface area (Å²) in [5, 5.41) is 3.08. The van der Waals surface area contributed by atoms with Crippen LogP contribution in [0.5, 0.6) is 5.75 Å². The second-order valence-corrected chi connectivity index (χ2v) is 8.19. The molecule has 0 fully saturated rings. The van der Waals surface area contributed by atoms with E-state index in [0.717, 1.165) is 60.4 Å². The molecule has 0 saturated carbocycles. The van der Waals surface area contributed by atoms with Gasteiger partial charge in [-0.15, -0.1) is 0 Å². The molecule has 3 rings (SSSR count). The Bertz CT molecular complexity index is 1010. The highest BCUT2D eigenvalue weighted by Crippen LogP contribution is 2.20. The zero-order valence-corrected chi connectivity index (χ0v) is 19.3. The maximum absolute atomic E-state index is 12.2. The molecule has 0 atom stereocenters. The van der Waals surface area contributed by atoms with Crippen LogP contribution in [-0.2, 0) is 17.8 Å². The predicted octanol–water partition coefficient (Wildman–Crippen LogP) is 5.22. The number of para-hydroxylation sites is 2. The molecule has 5 nitrogen and oxygen atoms in total. The van der Waals surface area contributed by atoms with Crippen molar-refractivity contribution < 1.29 is 9.53 Å². The van der Waals surface area contributed by atoms with Gasteiger partial charge in [0.05, 0.1) is 17.6 Å². The first-order valence-corrected chi connectivity index (χ1v) is 11.4. The summed E-state index contributed by atoms with van der Waals surface area (Å²) in [4.78, 5) is 17.0. The van der Waals surface area contributed by atoms with E-state index in [1.54, 1.807) is 0 Å². The quantitative estimate of drug-likeness (QED) is 0.432. The highest BCUT2D eigenvalue weighted by Gasteiger charge is 2.14. The van der Waals surface area contributed by atoms with Gasteiger partial charge in [0.2, 0.25) is 5.91 Å². The minimum atomic E-state index is 0.118. The summed E-state index contributed by atoms with van der Waals surface area (Å²) in [7, 11) is 0. The van der Waals surface area contributed by atoms with Crippen LogP contribution in [0.2, 0.25) is 0 Å². The van der Waals surface area contributed by atoms with E-state index in [1.807, 2.05) is 18.2 Å². The molecular formula is C26H35N3O2. The molecule has 0 unspecified atom stereocenters. The van der Waals surface area contributed by atoms with Crippen molar-refractivity contribution in [1.29, 1.82) is 0 Å². The Labute approximate surface area is 185 Å². The van der Waals surface area contributed by atoms with Crippen molar-refractivity contribution in [2.24, 2.45) is 5.92 Å². The first kappa shape index (κ1) is 22.9. The van der Waals surface area contributed by atoms with Gasteiger partial charge < -0.3 is 14.6 Å². The van der Waals surface area contributed by atoms with Gasteiger partial charge in [-0.1, -0.05) is 43.7 Å². The number of rotatable bonds is 11. The number of nitrogens with one attached hydrogen (secondary N) is 1. The molecule has 0 saturated heterocycles. The number of ether oxygens (including phenoxy) is 1. The van der Waals surface area contributed by atoms with Crippen LogP contribution in [0.3, 0.4) is 0 Å². The zero-order chi connectivity index (χ0) is 22.2. The van der Waals surface area contributed by atoms with Crippen LogP contribution in [-0.4, -0.2) is 28.6 Å². The number of amides is 1. The largest absolute Gasteiger partial charge is 0.491 e. The molecule has 3 aromatic rings. The maximum atomic E-state index is 12.2. The molecule has 31 heavy (non-hydrogen) atoms. The molecular weight excluding hydrogens is 386 g/mol. The molecule has 2 aromatic carbocycles. The van der Waals surface area contributed by atoms with Gasteiger partial charge in [0.15, 0.2) is 0 Å². The Balaban J connectivity index is 1.62. The van der Waals surface area contributed by atoms with E-state index in [0.29, 0.717) is 13.2 Å². The van der Waals surface area contributed by atoms with E-state index in [2.05, 4.69) is 61.8 Å². The minimum Gasteiger partial charge on any atom is -0.491 e. The number of imidazole rings is 1. The lowest BCUT2D eigenvalue weighted by atomic mass is 10.0. The maximum Gasteiger partial charge on any atom is 0.223 e. The van der Waals surface area contributed by atoms with Gasteiger partial charge in [0.1, 0.15) is 18.2 Å². The fraction of sp³-hybridized carbons (Fsp3) is 0.462. The van der Waals surface area contributed by atoms with E-state index in [-0.39, 0.29) is 11.8 Å². The van der Waals surface area contributed by atoms with Gasteiger partial charge >= 0.3 is 0 Å². The van der Waals surface area contributed by atoms with E-state index < -0.39 is 0 Å². The summed E-state index contributed by atoms with van der Waals surface area (Å²) >= 11 is 0. The third-order valence-electron chi connectivity index (χ3n) is 5.87. The lowest BCUT2D eigenvalue weighted by molar-refractivity contribution is -0.125. The number of benzene rings is 2. The fourth-order valence-corrected chi connectivity index (χ4v) is 4.04. The van der Waals surface area contributed by atoms with Gasteiger partial charge in [-0.3, -0.25) is 4.79 Å². The van der Waals surface area contributed by atoms with Crippen molar-refractivity contribution in [3.63, 3.8) is 0 Å². The molecule has 1 N–H and O–H groups in total. The summed E-state index contributed by atoms with van der Waals surface area (Å²) in [5.74, 6) is 2.26. The lowest BCUT2D eigenvalue weighted by Crippen LogP contribution is -2.31. The van der Waals surface area contributed by atoms with E-state index in [1.165, 1.54) is 5.56 Å². The molecule has 0 radical (unpaired) electrons. The highest BCUT2D eigenvalue weighted by molar-refractivity contribution is 5.78. The van der Waals surface area contributed by atoms with Crippen molar-refractivity contribution in [3.8, 4) is 5.75 Å². The van der Waals surface area contributed by atoms with Gasteiger partial charge in [-0.25, -0.2) is 4.98 Å². The SMILES string of the molecule is CCC(CC)C(=O)NCCCc1nc2ccccc2n1CCOc1ccc(C)cc1C. The highest BCUT2D eigenvalue weighted by atomic mass is 16.5. The Kier molecular flexibility index (Phi) is 8.10. The average molecular weight is 422 g/mol. The van der Waals surface area contributed by atoms with Crippen molar-refractivity contribution in [2.75, 3.05) is 13.2 Å². The molecule has 0 aliphatic heterocycles. The Morgan fingerprint density at radius 1 is 1.13 bits per heavy atom. The first-order valence-electron chi connectivity index (χ1n) is 11.4. The topological polar surface area (TPSA) is 56.2 Å². The van der Waals surface area contributed by atoms with Gasteiger partial charge in [0.25, 0.3) is 0 Å². The normalized spacial score (nSPS) is 11.3. The molecule has 166 valence electrons. The molecule has 1 amide bonds. The number of nitrogens with zero attached hydrogens (tertiary/aromatic N) is 2. The number of aryl methyl sites for hydroxylation is 3. The molecule has 0 aliphatic carbocycles. The standard InChI is InChI=1S/C26H35N3O2/c1-5-21(6-2)26(30)27-15-9-12-25-28-22-10-7-8-11-23(22)29(25)16-17-31-24-14-13-19(3)18-20(24)4/h7-8,10-11,13-14,18,21H,5-6,9,12,15-17H2,1-4H3,(H,27,30). The second-order valence-electron chi connectivity index (χ2n) is 8.19. The summed E-state index contributed by atoms with van der Waals surface area (Å²) in [6.45, 7) is 10.3. The minimum absolute atomic E-state index is 0.118. The Morgan fingerprint density at radius 2 is 1.90 bits per heavy atom. The fourth-order valence-electron chi connectivity index (χ4n) is 4.04. The summed E-state index contributed by atoms with van der Waals surface area (Å²) in [6, 6.07) is 14.5. The van der Waals surface area contributed by atoms with Crippen LogP contribution in [0.4, 0.5) is 0 Å². The van der Waals surface area contributed by atoms with E-state index >= 15 is 0 Å². The smallest absolute Gasteiger partial charge is 0.223 e. The van der Waals surface area contributed by atoms with Crippen LogP contribution in [0.25, 0.3) is 11.0 Å². The summed E-state index contributed by atoms with van der Waals surface area (Å²) < 4.78 is 8.32. The van der Waals surface area contributed by atoms with Gasteiger partial charge in [-0.05, 0) is 56.9 Å². The van der Waals surface area contributed by atoms with Gasteiger partial charge in [0, 0.05) is 18.9 Å². The number of carbonyl (C=O) groups excluding carboxylic acids is 1. The zero-order valence-electron chi connectivity index (χ0n) is 19.3. The molecule has 1 aromatic heterocycles. The number of hydrogen-bond donors (Lipinski definition) is 1. The number of fused-ring (bicyclic) bond motifs is 1. The monoisotopic (exact) mass is 421 g/mol. The molecule has 1 heterocycles. The van der Waals surface area contributed by atoms with Crippen LogP contribution in [0.15, 0.2) is 42.5 Å². The van der Waals surface area contributed by atoms with Gasteiger partial charge in [-0.2, -0.15) is 0 Å². The van der Waals surface area contributed by atoms with E-state index in [4.69, 9.17) is 9.72 Å². The van der Waals surface area contributed by atoms with E-state index in [9.17, 15) is 4.79 Å². The van der Waals surface area contributed by atoms with Crippen LogP contribution >= 0.6 is 0 Å². The third-order valence-corrected chi connectivity index (χ3v) is 5.87. The van der Waals surface area contributed by atoms with Crippen LogP contribution < -0.4 is 10.1 Å². The van der Waals surface area contributed by atoms with Crippen LogP contribution in [0.1, 0.15) is 50.1 Å². The second kappa shape index (κ2) is 11.0. The van der Waals surface area contributed by atoms with Crippen molar-refractivity contribution in [2.45, 2.75) is 59.9 Å². The predicted molar refractivity (Wildman–Crippen MR) is 127 cm³/mol. The Morgan fingerprint density at radius 3 is 2.65 bits per heavy atom. The van der Waals surface area contributed by atoms with Crippen LogP contribution in [0, 0.1) is 19.8 Å². The number of hydrogen-bond acceptors (Lipinski definition) is 3. The van der Waals surface area contributed by atoms with Crippen molar-refractivity contribution in [3.05, 3.63) is 59.4 Å². The summed E-state index contributed by atoms with van der Waals surface area (Å²) in [5.41, 5.74) is 4.53. The van der Waals surface area contributed by atoms with Crippen molar-refractivity contribution in [1.82, 2.24) is 14.9 Å².